The van der Waals surface area contributed by atoms with E-state index in [0.29, 0.717) is 23.7 Å². The topological polar surface area (TPSA) is 100 Å². The number of nitrogens with two attached hydrogens (primary N) is 1. The van der Waals surface area contributed by atoms with Gasteiger partial charge in [0.05, 0.1) is 6.61 Å². The highest BCUT2D eigenvalue weighted by Crippen LogP contribution is 2.14. The minimum Gasteiger partial charge on any atom is -0.494 e. The zero-order valence-electron chi connectivity index (χ0n) is 12.6. The van der Waals surface area contributed by atoms with E-state index in [-0.39, 0.29) is 30.5 Å². The molecule has 0 saturated carbocycles. The number of ketones is 1. The van der Waals surface area contributed by atoms with E-state index in [2.05, 4.69) is 10.1 Å². The van der Waals surface area contributed by atoms with Crippen molar-refractivity contribution in [3.05, 3.63) is 35.7 Å². The average molecular weight is 302 g/mol. The number of hydrogen-bond acceptors (Lipinski definition) is 6. The fraction of sp³-hybridized carbons (Fsp3) is 0.333. The summed E-state index contributed by atoms with van der Waals surface area (Å²) in [6, 6.07) is 6.86. The summed E-state index contributed by atoms with van der Waals surface area (Å²) < 4.78 is 6.44. The number of anilines is 1. The van der Waals surface area contributed by atoms with Crippen molar-refractivity contribution >= 4 is 17.6 Å². The minimum absolute atomic E-state index is 0.0451. The summed E-state index contributed by atoms with van der Waals surface area (Å²) >= 11 is 0. The second kappa shape index (κ2) is 6.84. The number of aryl methyl sites for hydroxylation is 1. The number of carbonyl (C=O) groups excluding carboxylic acids is 2. The SMILES string of the molecule is CCOc1ccc(C(=O)CCC(=O)n2nc(N)nc2C)cc1. The normalized spacial score (nSPS) is 10.5. The van der Waals surface area contributed by atoms with Gasteiger partial charge in [0.1, 0.15) is 11.6 Å². The van der Waals surface area contributed by atoms with E-state index in [0.717, 1.165) is 4.68 Å². The van der Waals surface area contributed by atoms with Crippen LogP contribution < -0.4 is 10.5 Å². The van der Waals surface area contributed by atoms with Gasteiger partial charge in [-0.3, -0.25) is 9.59 Å². The third-order valence-corrected chi connectivity index (χ3v) is 3.07. The van der Waals surface area contributed by atoms with Crippen LogP contribution in [0.3, 0.4) is 0 Å². The van der Waals surface area contributed by atoms with E-state index < -0.39 is 0 Å². The van der Waals surface area contributed by atoms with Gasteiger partial charge < -0.3 is 10.5 Å². The van der Waals surface area contributed by atoms with E-state index in [1.807, 2.05) is 6.92 Å². The van der Waals surface area contributed by atoms with Gasteiger partial charge in [0.15, 0.2) is 5.78 Å². The highest BCUT2D eigenvalue weighted by molar-refractivity contribution is 5.98. The van der Waals surface area contributed by atoms with Crippen LogP contribution in [-0.2, 0) is 0 Å². The molecule has 2 aromatic rings. The molecule has 7 heteroatoms. The van der Waals surface area contributed by atoms with Gasteiger partial charge in [0.2, 0.25) is 11.9 Å². The predicted octanol–water partition coefficient (Wildman–Crippen LogP) is 1.87. The summed E-state index contributed by atoms with van der Waals surface area (Å²) in [6.07, 6.45) is 0.154. The monoisotopic (exact) mass is 302 g/mol. The Bertz CT molecular complexity index is 677. The van der Waals surface area contributed by atoms with Crippen LogP contribution in [0.25, 0.3) is 0 Å². The van der Waals surface area contributed by atoms with Crippen LogP contribution >= 0.6 is 0 Å². The van der Waals surface area contributed by atoms with Gasteiger partial charge in [-0.1, -0.05) is 0 Å². The molecule has 0 aliphatic heterocycles. The first kappa shape index (κ1) is 15.7. The Morgan fingerprint density at radius 2 is 1.91 bits per heavy atom. The fourth-order valence-corrected chi connectivity index (χ4v) is 2.02. The van der Waals surface area contributed by atoms with Gasteiger partial charge in [0.25, 0.3) is 0 Å². The molecule has 7 nitrogen and oxygen atoms in total. The summed E-state index contributed by atoms with van der Waals surface area (Å²) in [7, 11) is 0. The van der Waals surface area contributed by atoms with Crippen molar-refractivity contribution in [2.75, 3.05) is 12.3 Å². The molecule has 0 radical (unpaired) electrons. The number of carbonyl (C=O) groups is 2. The average Bonchev–Trinajstić information content (AvgIpc) is 2.84. The lowest BCUT2D eigenvalue weighted by Gasteiger charge is -2.05. The van der Waals surface area contributed by atoms with Crippen LogP contribution in [0.15, 0.2) is 24.3 Å². The molecule has 116 valence electrons. The molecule has 0 atom stereocenters. The van der Waals surface area contributed by atoms with Crippen molar-refractivity contribution in [3.8, 4) is 5.75 Å². The highest BCUT2D eigenvalue weighted by atomic mass is 16.5. The van der Waals surface area contributed by atoms with Gasteiger partial charge in [0, 0.05) is 18.4 Å². The van der Waals surface area contributed by atoms with E-state index in [9.17, 15) is 9.59 Å². The van der Waals surface area contributed by atoms with Crippen LogP contribution in [-0.4, -0.2) is 33.1 Å². The maximum Gasteiger partial charge on any atom is 0.249 e. The Balaban J connectivity index is 1.94. The number of aromatic nitrogens is 3. The second-order valence-corrected chi connectivity index (χ2v) is 4.70. The van der Waals surface area contributed by atoms with Gasteiger partial charge in [-0.15, -0.1) is 5.10 Å². The molecule has 0 bridgehead atoms. The minimum atomic E-state index is -0.305. The van der Waals surface area contributed by atoms with Crippen molar-refractivity contribution in [1.29, 1.82) is 0 Å². The number of hydrogen-bond donors (Lipinski definition) is 1. The molecule has 0 aliphatic carbocycles. The number of Topliss-reactive ketones (excluding diaryl/α,β-unsaturated/α-hetero) is 1. The molecule has 1 aromatic heterocycles. The molecule has 0 aliphatic rings. The maximum atomic E-state index is 12.1. The lowest BCUT2D eigenvalue weighted by molar-refractivity contribution is 0.0849. The first-order valence-electron chi connectivity index (χ1n) is 6.99. The molecule has 0 spiro atoms. The van der Waals surface area contributed by atoms with Gasteiger partial charge in [-0.05, 0) is 38.1 Å². The van der Waals surface area contributed by atoms with E-state index in [1.165, 1.54) is 0 Å². The van der Waals surface area contributed by atoms with Gasteiger partial charge >= 0.3 is 0 Å². The second-order valence-electron chi connectivity index (χ2n) is 4.70. The highest BCUT2D eigenvalue weighted by Gasteiger charge is 2.14. The molecule has 0 saturated heterocycles. The fourth-order valence-electron chi connectivity index (χ4n) is 2.02. The van der Waals surface area contributed by atoms with Crippen LogP contribution in [0.4, 0.5) is 5.95 Å². The molecule has 1 aromatic carbocycles. The Kier molecular flexibility index (Phi) is 4.88. The molecule has 22 heavy (non-hydrogen) atoms. The van der Waals surface area contributed by atoms with Crippen molar-refractivity contribution in [1.82, 2.24) is 14.8 Å². The zero-order chi connectivity index (χ0) is 16.1. The third-order valence-electron chi connectivity index (χ3n) is 3.07. The molecule has 2 rings (SSSR count). The lowest BCUT2D eigenvalue weighted by atomic mass is 10.1. The first-order chi connectivity index (χ1) is 10.5. The van der Waals surface area contributed by atoms with Gasteiger partial charge in [-0.2, -0.15) is 9.67 Å². The molecule has 0 unspecified atom stereocenters. The lowest BCUT2D eigenvalue weighted by Crippen LogP contribution is -2.15. The summed E-state index contributed by atoms with van der Waals surface area (Å²) in [5.41, 5.74) is 5.98. The number of nitrogen functional groups attached to an aromatic ring is 1. The molecule has 0 fully saturated rings. The quantitative estimate of drug-likeness (QED) is 0.818. The van der Waals surface area contributed by atoms with Crippen LogP contribution in [0.5, 0.6) is 5.75 Å². The van der Waals surface area contributed by atoms with Crippen LogP contribution in [0, 0.1) is 6.92 Å². The van der Waals surface area contributed by atoms with Crippen molar-refractivity contribution in [2.45, 2.75) is 26.7 Å². The van der Waals surface area contributed by atoms with Crippen LogP contribution in [0.1, 0.15) is 40.7 Å². The summed E-state index contributed by atoms with van der Waals surface area (Å²) in [4.78, 5) is 27.9. The first-order valence-corrected chi connectivity index (χ1v) is 6.99. The number of nitrogens with zero attached hydrogens (tertiary/aromatic N) is 3. The predicted molar refractivity (Wildman–Crippen MR) is 81.0 cm³/mol. The maximum absolute atomic E-state index is 12.1. The smallest absolute Gasteiger partial charge is 0.249 e. The molecular formula is C15H18N4O3. The van der Waals surface area contributed by atoms with E-state index in [1.54, 1.807) is 31.2 Å². The number of rotatable bonds is 6. The number of benzene rings is 1. The van der Waals surface area contributed by atoms with Gasteiger partial charge in [-0.25, -0.2) is 0 Å². The van der Waals surface area contributed by atoms with Crippen molar-refractivity contribution in [3.63, 3.8) is 0 Å². The Hall–Kier alpha value is -2.70. The summed E-state index contributed by atoms with van der Waals surface area (Å²) in [5.74, 6) is 0.756. The van der Waals surface area contributed by atoms with E-state index in [4.69, 9.17) is 10.5 Å². The molecule has 2 N–H and O–H groups in total. The van der Waals surface area contributed by atoms with Crippen molar-refractivity contribution in [2.24, 2.45) is 0 Å². The summed E-state index contributed by atoms with van der Waals surface area (Å²) in [5, 5.41) is 3.80. The Morgan fingerprint density at radius 3 is 2.45 bits per heavy atom. The zero-order valence-corrected chi connectivity index (χ0v) is 12.6. The summed E-state index contributed by atoms with van der Waals surface area (Å²) in [6.45, 7) is 4.10. The molecular weight excluding hydrogens is 284 g/mol. The largest absolute Gasteiger partial charge is 0.494 e. The Morgan fingerprint density at radius 1 is 1.23 bits per heavy atom. The molecule has 1 heterocycles. The Labute approximate surface area is 128 Å². The van der Waals surface area contributed by atoms with Crippen LogP contribution in [0.2, 0.25) is 0 Å². The standard InChI is InChI=1S/C15H18N4O3/c1-3-22-12-6-4-11(5-7-12)13(20)8-9-14(21)19-10(2)17-15(16)18-19/h4-7H,3,8-9H2,1-2H3,(H2,16,18). The molecule has 0 amide bonds. The third kappa shape index (κ3) is 3.69. The number of ether oxygens (including phenoxy) is 1. The van der Waals surface area contributed by atoms with Crippen molar-refractivity contribution < 1.29 is 14.3 Å². The van der Waals surface area contributed by atoms with E-state index >= 15 is 0 Å².